The van der Waals surface area contributed by atoms with Crippen LogP contribution in [0.1, 0.15) is 5.56 Å². The van der Waals surface area contributed by atoms with E-state index in [2.05, 4.69) is 15.1 Å². The number of anilines is 1. The lowest BCUT2D eigenvalue weighted by Crippen LogP contribution is -2.06. The van der Waals surface area contributed by atoms with Crippen LogP contribution in [0.4, 0.5) is 5.82 Å². The first-order valence-electron chi connectivity index (χ1n) is 10.1. The number of hydrogen-bond acceptors (Lipinski definition) is 7. The first-order valence-corrected chi connectivity index (χ1v) is 12.0. The zero-order valence-electron chi connectivity index (χ0n) is 17.9. The minimum atomic E-state index is -4.06. The van der Waals surface area contributed by atoms with Gasteiger partial charge in [-0.2, -0.15) is 9.78 Å². The highest BCUT2D eigenvalue weighted by Gasteiger charge is 2.30. The van der Waals surface area contributed by atoms with E-state index in [1.165, 1.54) is 30.1 Å². The first kappa shape index (κ1) is 21.9. The van der Waals surface area contributed by atoms with Crippen LogP contribution in [0.2, 0.25) is 5.02 Å². The molecule has 0 aliphatic carbocycles. The Bertz CT molecular complexity index is 1680. The molecule has 0 bridgehead atoms. The fraction of sp³-hybridized carbons (Fsp3) is 0.0417. The molecule has 0 atom stereocenters. The molecule has 5 rings (SSSR count). The standard InChI is InChI=1S/C24H18ClN5O3S/c1-33-17-9-11-18(12-10-17)34(31,32)22-21-24(29-20-8-3-2-7-19(20)28-21)30(23(22)26)27-14-15-5-4-6-16(25)13-15/h2-14H,26H2,1H3/b27-14-. The van der Waals surface area contributed by atoms with Crippen LogP contribution in [-0.4, -0.2) is 36.4 Å². The quantitative estimate of drug-likeness (QED) is 0.361. The molecular weight excluding hydrogens is 474 g/mol. The third kappa shape index (κ3) is 3.74. The SMILES string of the molecule is COc1ccc(S(=O)(=O)c2c(N)n(/N=C\c3cccc(Cl)c3)c3nc4ccccc4nc23)cc1. The molecule has 0 unspecified atom stereocenters. The molecule has 0 aliphatic heterocycles. The monoisotopic (exact) mass is 491 g/mol. The largest absolute Gasteiger partial charge is 0.497 e. The van der Waals surface area contributed by atoms with E-state index in [-0.39, 0.29) is 26.8 Å². The number of aromatic nitrogens is 3. The maximum Gasteiger partial charge on any atom is 0.212 e. The first-order chi connectivity index (χ1) is 16.4. The number of fused-ring (bicyclic) bond motifs is 2. The van der Waals surface area contributed by atoms with Crippen LogP contribution in [-0.2, 0) is 9.84 Å². The molecule has 3 aromatic carbocycles. The van der Waals surface area contributed by atoms with Gasteiger partial charge in [-0.3, -0.25) is 0 Å². The van der Waals surface area contributed by atoms with Crippen molar-refractivity contribution >= 4 is 55.7 Å². The van der Waals surface area contributed by atoms with E-state index in [4.69, 9.17) is 22.1 Å². The van der Waals surface area contributed by atoms with Crippen molar-refractivity contribution in [1.82, 2.24) is 14.6 Å². The number of halogens is 1. The molecule has 2 N–H and O–H groups in total. The molecule has 0 aliphatic rings. The summed E-state index contributed by atoms with van der Waals surface area (Å²) in [5.74, 6) is 0.436. The molecule has 8 nitrogen and oxygen atoms in total. The van der Waals surface area contributed by atoms with Gasteiger partial charge in [-0.1, -0.05) is 35.9 Å². The van der Waals surface area contributed by atoms with Crippen molar-refractivity contribution in [3.63, 3.8) is 0 Å². The van der Waals surface area contributed by atoms with E-state index in [9.17, 15) is 8.42 Å². The minimum Gasteiger partial charge on any atom is -0.497 e. The molecule has 0 spiro atoms. The number of rotatable bonds is 5. The van der Waals surface area contributed by atoms with Crippen LogP contribution < -0.4 is 10.5 Å². The summed E-state index contributed by atoms with van der Waals surface area (Å²) in [6, 6.07) is 20.3. The average molecular weight is 492 g/mol. The van der Waals surface area contributed by atoms with Gasteiger partial charge in [0.25, 0.3) is 0 Å². The number of nitrogens with zero attached hydrogens (tertiary/aromatic N) is 4. The van der Waals surface area contributed by atoms with Gasteiger partial charge >= 0.3 is 0 Å². The van der Waals surface area contributed by atoms with Gasteiger partial charge in [-0.05, 0) is 54.1 Å². The molecular formula is C24H18ClN5O3S. The van der Waals surface area contributed by atoms with E-state index in [1.807, 2.05) is 12.1 Å². The molecule has 34 heavy (non-hydrogen) atoms. The van der Waals surface area contributed by atoms with E-state index < -0.39 is 9.84 Å². The van der Waals surface area contributed by atoms with Gasteiger partial charge in [-0.15, -0.1) is 0 Å². The topological polar surface area (TPSA) is 112 Å². The van der Waals surface area contributed by atoms with Crippen molar-refractivity contribution in [3.8, 4) is 5.75 Å². The fourth-order valence-electron chi connectivity index (χ4n) is 3.59. The summed E-state index contributed by atoms with van der Waals surface area (Å²) in [6.45, 7) is 0. The van der Waals surface area contributed by atoms with Crippen LogP contribution in [0.25, 0.3) is 22.2 Å². The second kappa shape index (κ2) is 8.44. The summed E-state index contributed by atoms with van der Waals surface area (Å²) < 4.78 is 33.8. The summed E-state index contributed by atoms with van der Waals surface area (Å²) in [5.41, 5.74) is 8.58. The Morgan fingerprint density at radius 3 is 2.38 bits per heavy atom. The second-order valence-corrected chi connectivity index (χ2v) is 9.71. The third-order valence-electron chi connectivity index (χ3n) is 5.24. The van der Waals surface area contributed by atoms with Crippen molar-refractivity contribution in [2.45, 2.75) is 9.79 Å². The number of sulfone groups is 1. The van der Waals surface area contributed by atoms with Crippen LogP contribution in [0.3, 0.4) is 0 Å². The molecule has 10 heteroatoms. The van der Waals surface area contributed by atoms with Gasteiger partial charge in [0.1, 0.15) is 22.0 Å². The van der Waals surface area contributed by atoms with Gasteiger partial charge < -0.3 is 10.5 Å². The van der Waals surface area contributed by atoms with Crippen molar-refractivity contribution in [2.24, 2.45) is 5.10 Å². The maximum absolute atomic E-state index is 13.7. The Morgan fingerprint density at radius 2 is 1.71 bits per heavy atom. The lowest BCUT2D eigenvalue weighted by Gasteiger charge is -2.06. The minimum absolute atomic E-state index is 0.0489. The molecule has 5 aromatic rings. The normalized spacial score (nSPS) is 12.1. The van der Waals surface area contributed by atoms with E-state index in [0.29, 0.717) is 27.4 Å². The number of benzene rings is 3. The smallest absolute Gasteiger partial charge is 0.212 e. The zero-order valence-corrected chi connectivity index (χ0v) is 19.5. The summed E-state index contributed by atoms with van der Waals surface area (Å²) >= 11 is 6.07. The fourth-order valence-corrected chi connectivity index (χ4v) is 5.27. The van der Waals surface area contributed by atoms with E-state index in [0.717, 1.165) is 0 Å². The summed E-state index contributed by atoms with van der Waals surface area (Å²) in [7, 11) is -2.55. The van der Waals surface area contributed by atoms with Gasteiger partial charge in [0.15, 0.2) is 5.65 Å². The van der Waals surface area contributed by atoms with Gasteiger partial charge in [-0.25, -0.2) is 18.4 Å². The second-order valence-electron chi connectivity index (χ2n) is 7.39. The van der Waals surface area contributed by atoms with Crippen molar-refractivity contribution < 1.29 is 13.2 Å². The van der Waals surface area contributed by atoms with Crippen molar-refractivity contribution in [3.05, 3.63) is 83.4 Å². The van der Waals surface area contributed by atoms with Gasteiger partial charge in [0, 0.05) is 5.02 Å². The molecule has 2 heterocycles. The molecule has 0 saturated carbocycles. The predicted octanol–water partition coefficient (Wildman–Crippen LogP) is 4.54. The number of hydrogen-bond donors (Lipinski definition) is 1. The molecule has 0 radical (unpaired) electrons. The van der Waals surface area contributed by atoms with Crippen LogP contribution in [0.15, 0.2) is 87.7 Å². The summed E-state index contributed by atoms with van der Waals surface area (Å²) in [5, 5.41) is 4.97. The van der Waals surface area contributed by atoms with Crippen molar-refractivity contribution in [2.75, 3.05) is 12.8 Å². The Balaban J connectivity index is 1.77. The Kier molecular flexibility index (Phi) is 5.43. The predicted molar refractivity (Wildman–Crippen MR) is 132 cm³/mol. The van der Waals surface area contributed by atoms with Crippen molar-refractivity contribution in [1.29, 1.82) is 0 Å². The van der Waals surface area contributed by atoms with Crippen LogP contribution in [0.5, 0.6) is 5.75 Å². The molecule has 0 amide bonds. The highest BCUT2D eigenvalue weighted by atomic mass is 35.5. The number of nitrogens with two attached hydrogens (primary N) is 1. The van der Waals surface area contributed by atoms with E-state index in [1.54, 1.807) is 48.5 Å². The molecule has 0 saturated heterocycles. The number of para-hydroxylation sites is 2. The third-order valence-corrected chi connectivity index (χ3v) is 7.31. The Morgan fingerprint density at radius 1 is 1.00 bits per heavy atom. The molecule has 170 valence electrons. The lowest BCUT2D eigenvalue weighted by atomic mass is 10.2. The lowest BCUT2D eigenvalue weighted by molar-refractivity contribution is 0.414. The van der Waals surface area contributed by atoms with Gasteiger partial charge in [0.05, 0.1) is 29.3 Å². The van der Waals surface area contributed by atoms with Crippen LogP contribution in [0, 0.1) is 0 Å². The zero-order chi connectivity index (χ0) is 23.9. The molecule has 0 fully saturated rings. The highest BCUT2D eigenvalue weighted by molar-refractivity contribution is 7.92. The highest BCUT2D eigenvalue weighted by Crippen LogP contribution is 2.35. The number of nitrogen functional groups attached to an aromatic ring is 1. The maximum atomic E-state index is 13.7. The van der Waals surface area contributed by atoms with Gasteiger partial charge in [0.2, 0.25) is 9.84 Å². The number of methoxy groups -OCH3 is 1. The summed E-state index contributed by atoms with van der Waals surface area (Å²) in [6.07, 6.45) is 1.53. The number of ether oxygens (including phenoxy) is 1. The van der Waals surface area contributed by atoms with E-state index >= 15 is 0 Å². The molecule has 2 aromatic heterocycles. The summed E-state index contributed by atoms with van der Waals surface area (Å²) in [4.78, 5) is 9.10. The Hall–Kier alpha value is -3.95. The average Bonchev–Trinajstić information content (AvgIpc) is 3.12. The van der Waals surface area contributed by atoms with Crippen LogP contribution >= 0.6 is 11.6 Å². The Labute approximate surface area is 200 Å².